The van der Waals surface area contributed by atoms with Crippen molar-refractivity contribution in [1.82, 2.24) is 19.6 Å². The summed E-state index contributed by atoms with van der Waals surface area (Å²) in [5.41, 5.74) is 1.54. The molecule has 152 valence electrons. The number of nitrogens with one attached hydrogen (secondary N) is 1. The molecule has 4 heterocycles. The number of nitrogens with zero attached hydrogens (tertiary/aromatic N) is 3. The second kappa shape index (κ2) is 8.70. The molecule has 0 aliphatic carbocycles. The lowest BCUT2D eigenvalue weighted by Gasteiger charge is -2.32. The third kappa shape index (κ3) is 4.89. The summed E-state index contributed by atoms with van der Waals surface area (Å²) in [6.45, 7) is 1.07. The number of amides is 1. The molecule has 0 atom stereocenters. The van der Waals surface area contributed by atoms with Crippen LogP contribution >= 0.6 is 22.7 Å². The lowest BCUT2D eigenvalue weighted by molar-refractivity contribution is -0.131. The molecule has 3 aromatic rings. The highest BCUT2D eigenvalue weighted by atomic mass is 32.2. The number of pyridine rings is 1. The van der Waals surface area contributed by atoms with E-state index in [9.17, 15) is 13.2 Å². The van der Waals surface area contributed by atoms with Crippen molar-refractivity contribution in [2.24, 2.45) is 0 Å². The molecule has 29 heavy (non-hydrogen) atoms. The number of sulfonamides is 1. The van der Waals surface area contributed by atoms with Crippen LogP contribution in [0.3, 0.4) is 0 Å². The summed E-state index contributed by atoms with van der Waals surface area (Å²) >= 11 is 2.68. The van der Waals surface area contributed by atoms with E-state index in [1.54, 1.807) is 28.6 Å². The zero-order chi connectivity index (χ0) is 20.3. The number of thiophene rings is 1. The Morgan fingerprint density at radius 1 is 1.17 bits per heavy atom. The lowest BCUT2D eigenvalue weighted by atomic mass is 10.1. The van der Waals surface area contributed by atoms with Gasteiger partial charge in [-0.25, -0.2) is 18.1 Å². The summed E-state index contributed by atoms with van der Waals surface area (Å²) in [6, 6.07) is 8.82. The molecule has 0 aromatic carbocycles. The largest absolute Gasteiger partial charge is 0.342 e. The standard InChI is InChI=1S/C19H20N4O3S3/c24-17(12-15-13-28-19(21-15)16-4-1-2-8-20-16)23-9-6-14(7-10-23)22-29(25,26)18-5-3-11-27-18/h1-5,8,11,13-14,22H,6-7,9-10,12H2. The Kier molecular flexibility index (Phi) is 6.04. The zero-order valence-corrected chi connectivity index (χ0v) is 18.0. The molecule has 0 unspecified atom stereocenters. The molecular formula is C19H20N4O3S3. The molecule has 3 aromatic heterocycles. The van der Waals surface area contributed by atoms with Gasteiger partial charge in [-0.15, -0.1) is 22.7 Å². The first-order chi connectivity index (χ1) is 14.0. The van der Waals surface area contributed by atoms with Crippen LogP contribution in [0, 0.1) is 0 Å². The van der Waals surface area contributed by atoms with Gasteiger partial charge in [-0.1, -0.05) is 12.1 Å². The van der Waals surface area contributed by atoms with Gasteiger partial charge in [0.2, 0.25) is 15.9 Å². The Morgan fingerprint density at radius 2 is 2.00 bits per heavy atom. The molecule has 1 N–H and O–H groups in total. The molecule has 1 aliphatic rings. The number of hydrogen-bond acceptors (Lipinski definition) is 7. The minimum Gasteiger partial charge on any atom is -0.342 e. The molecule has 4 rings (SSSR count). The Balaban J connectivity index is 1.30. The summed E-state index contributed by atoms with van der Waals surface area (Å²) < 4.78 is 27.8. The van der Waals surface area contributed by atoms with Crippen LogP contribution in [0.5, 0.6) is 0 Å². The van der Waals surface area contributed by atoms with Crippen molar-refractivity contribution in [2.75, 3.05) is 13.1 Å². The molecule has 0 radical (unpaired) electrons. The molecule has 0 spiro atoms. The first-order valence-electron chi connectivity index (χ1n) is 9.21. The number of aromatic nitrogens is 2. The molecule has 1 saturated heterocycles. The highest BCUT2D eigenvalue weighted by Gasteiger charge is 2.27. The van der Waals surface area contributed by atoms with Gasteiger partial charge in [0.15, 0.2) is 0 Å². The van der Waals surface area contributed by atoms with Crippen molar-refractivity contribution in [3.05, 3.63) is 53.0 Å². The second-order valence-electron chi connectivity index (χ2n) is 6.74. The average Bonchev–Trinajstić information content (AvgIpc) is 3.42. The van der Waals surface area contributed by atoms with E-state index >= 15 is 0 Å². The maximum absolute atomic E-state index is 12.6. The van der Waals surface area contributed by atoms with E-state index in [0.717, 1.165) is 16.4 Å². The fourth-order valence-electron chi connectivity index (χ4n) is 3.20. The van der Waals surface area contributed by atoms with E-state index in [0.29, 0.717) is 30.1 Å². The van der Waals surface area contributed by atoms with Crippen LogP contribution in [0.15, 0.2) is 51.5 Å². The fourth-order valence-corrected chi connectivity index (χ4v) is 6.31. The highest BCUT2D eigenvalue weighted by Crippen LogP contribution is 2.23. The Morgan fingerprint density at radius 3 is 2.69 bits per heavy atom. The van der Waals surface area contributed by atoms with Gasteiger partial charge in [0.1, 0.15) is 9.22 Å². The maximum atomic E-state index is 12.6. The highest BCUT2D eigenvalue weighted by molar-refractivity contribution is 7.91. The Labute approximate surface area is 177 Å². The molecule has 10 heteroatoms. The first kappa shape index (κ1) is 20.1. The maximum Gasteiger partial charge on any atom is 0.250 e. The fraction of sp³-hybridized carbons (Fsp3) is 0.316. The predicted octanol–water partition coefficient (Wildman–Crippen LogP) is 2.78. The van der Waals surface area contributed by atoms with Gasteiger partial charge in [0.25, 0.3) is 0 Å². The lowest BCUT2D eigenvalue weighted by Crippen LogP contribution is -2.46. The number of carbonyl (C=O) groups is 1. The van der Waals surface area contributed by atoms with Gasteiger partial charge in [-0.05, 0) is 36.4 Å². The van der Waals surface area contributed by atoms with E-state index < -0.39 is 10.0 Å². The predicted molar refractivity (Wildman–Crippen MR) is 113 cm³/mol. The number of hydrogen-bond donors (Lipinski definition) is 1. The third-order valence-corrected chi connectivity index (χ3v) is 8.53. The minimum atomic E-state index is -3.48. The van der Waals surface area contributed by atoms with Gasteiger partial charge >= 0.3 is 0 Å². The van der Waals surface area contributed by atoms with Gasteiger partial charge in [0.05, 0.1) is 17.8 Å². The molecule has 1 amide bonds. The quantitative estimate of drug-likeness (QED) is 0.626. The number of piperidine rings is 1. The van der Waals surface area contributed by atoms with Crippen LogP contribution in [0.4, 0.5) is 0 Å². The summed E-state index contributed by atoms with van der Waals surface area (Å²) in [4.78, 5) is 23.2. The molecule has 7 nitrogen and oxygen atoms in total. The van der Waals surface area contributed by atoms with Crippen molar-refractivity contribution in [2.45, 2.75) is 29.5 Å². The smallest absolute Gasteiger partial charge is 0.250 e. The number of carbonyl (C=O) groups excluding carboxylic acids is 1. The topological polar surface area (TPSA) is 92.3 Å². The van der Waals surface area contributed by atoms with E-state index in [1.807, 2.05) is 23.6 Å². The molecule has 0 bridgehead atoms. The van der Waals surface area contributed by atoms with E-state index in [4.69, 9.17) is 0 Å². The van der Waals surface area contributed by atoms with Gasteiger partial charge in [0, 0.05) is 30.7 Å². The van der Waals surface area contributed by atoms with E-state index in [1.165, 1.54) is 22.7 Å². The molecule has 1 aliphatic heterocycles. The number of rotatable bonds is 6. The number of likely N-dealkylation sites (tertiary alicyclic amines) is 1. The van der Waals surface area contributed by atoms with Gasteiger partial charge in [-0.2, -0.15) is 0 Å². The zero-order valence-electron chi connectivity index (χ0n) is 15.5. The monoisotopic (exact) mass is 448 g/mol. The van der Waals surface area contributed by atoms with Crippen molar-refractivity contribution < 1.29 is 13.2 Å². The molecule has 1 fully saturated rings. The van der Waals surface area contributed by atoms with Crippen molar-refractivity contribution in [1.29, 1.82) is 0 Å². The Bertz CT molecular complexity index is 1060. The average molecular weight is 449 g/mol. The van der Waals surface area contributed by atoms with E-state index in [2.05, 4.69) is 14.7 Å². The summed E-state index contributed by atoms with van der Waals surface area (Å²) in [5, 5.41) is 4.44. The van der Waals surface area contributed by atoms with Crippen molar-refractivity contribution in [3.63, 3.8) is 0 Å². The summed E-state index contributed by atoms with van der Waals surface area (Å²) in [7, 11) is -3.48. The van der Waals surface area contributed by atoms with Gasteiger partial charge in [-0.3, -0.25) is 9.78 Å². The van der Waals surface area contributed by atoms with Crippen LogP contribution in [0.2, 0.25) is 0 Å². The Hall–Kier alpha value is -2.14. The van der Waals surface area contributed by atoms with Crippen molar-refractivity contribution in [3.8, 4) is 10.7 Å². The summed E-state index contributed by atoms with van der Waals surface area (Å²) in [5.74, 6) is 0.0161. The van der Waals surface area contributed by atoms with Crippen LogP contribution in [-0.4, -0.2) is 48.3 Å². The molecular weight excluding hydrogens is 428 g/mol. The normalized spacial score (nSPS) is 15.5. The van der Waals surface area contributed by atoms with Crippen LogP contribution < -0.4 is 4.72 Å². The second-order valence-corrected chi connectivity index (χ2v) is 10.5. The van der Waals surface area contributed by atoms with Crippen LogP contribution in [-0.2, 0) is 21.2 Å². The van der Waals surface area contributed by atoms with Crippen molar-refractivity contribution >= 4 is 38.6 Å². The summed E-state index contributed by atoms with van der Waals surface area (Å²) in [6.07, 6.45) is 3.17. The number of thiazole rings is 1. The van der Waals surface area contributed by atoms with E-state index in [-0.39, 0.29) is 18.4 Å². The first-order valence-corrected chi connectivity index (χ1v) is 12.4. The van der Waals surface area contributed by atoms with Crippen LogP contribution in [0.1, 0.15) is 18.5 Å². The molecule has 0 saturated carbocycles. The minimum absolute atomic E-state index is 0.0161. The van der Waals surface area contributed by atoms with Gasteiger partial charge < -0.3 is 4.90 Å². The van der Waals surface area contributed by atoms with Crippen LogP contribution in [0.25, 0.3) is 10.7 Å². The SMILES string of the molecule is O=C(Cc1csc(-c2ccccn2)n1)N1CCC(NS(=O)(=O)c2cccs2)CC1. The third-order valence-electron chi connectivity index (χ3n) is 4.70.